The zero-order valence-corrected chi connectivity index (χ0v) is 11.3. The number of halogens is 4. The number of alkyl halides is 4. The molecule has 0 aromatic heterocycles. The Bertz CT molecular complexity index is 221. The molecular weight excluding hydrogens is 338 g/mol. The molecule has 0 radical (unpaired) electrons. The fraction of sp³-hybridized carbons (Fsp3) is 0.889. The summed E-state index contributed by atoms with van der Waals surface area (Å²) in [6.45, 7) is 1.91. The maximum Gasteiger partial charge on any atom is 0.411 e. The lowest BCUT2D eigenvalue weighted by molar-refractivity contribution is -0.175. The predicted molar refractivity (Wildman–Crippen MR) is 62.5 cm³/mol. The van der Waals surface area contributed by atoms with Crippen molar-refractivity contribution >= 4 is 28.5 Å². The van der Waals surface area contributed by atoms with Crippen LogP contribution < -0.4 is 5.32 Å². The Kier molecular flexibility index (Phi) is 7.29. The summed E-state index contributed by atoms with van der Waals surface area (Å²) in [6.07, 6.45) is -4.39. The van der Waals surface area contributed by atoms with Gasteiger partial charge in [0.1, 0.15) is 13.2 Å². The highest BCUT2D eigenvalue weighted by molar-refractivity contribution is 14.1. The molecular formula is C9H15F3INO2. The van der Waals surface area contributed by atoms with Crippen molar-refractivity contribution in [3.05, 3.63) is 0 Å². The van der Waals surface area contributed by atoms with E-state index >= 15 is 0 Å². The van der Waals surface area contributed by atoms with Crippen molar-refractivity contribution in [2.24, 2.45) is 5.92 Å². The van der Waals surface area contributed by atoms with Crippen molar-refractivity contribution < 1.29 is 22.7 Å². The van der Waals surface area contributed by atoms with E-state index in [2.05, 4.69) is 32.6 Å². The lowest BCUT2D eigenvalue weighted by Crippen LogP contribution is -2.41. The molecule has 0 bridgehead atoms. The van der Waals surface area contributed by atoms with Crippen molar-refractivity contribution in [2.75, 3.05) is 17.6 Å². The van der Waals surface area contributed by atoms with Gasteiger partial charge < -0.3 is 10.1 Å². The summed E-state index contributed by atoms with van der Waals surface area (Å²) in [6, 6.07) is -0.0393. The third-order valence-corrected chi connectivity index (χ3v) is 2.77. The first-order valence-electron chi connectivity index (χ1n) is 4.76. The molecule has 0 aromatic rings. The Morgan fingerprint density at radius 1 is 1.44 bits per heavy atom. The monoisotopic (exact) mass is 353 g/mol. The van der Waals surface area contributed by atoms with Gasteiger partial charge in [-0.15, -0.1) is 0 Å². The molecule has 0 aromatic carbocycles. The van der Waals surface area contributed by atoms with Crippen LogP contribution in [0, 0.1) is 5.92 Å². The zero-order chi connectivity index (χ0) is 12.8. The molecule has 0 fully saturated rings. The standard InChI is InChI=1S/C9H15F3INO2/c1-6(2)7(3-13)14-8(15)4-16-5-9(10,11)12/h6-7H,3-5H2,1-2H3,(H,14,15). The van der Waals surface area contributed by atoms with Crippen LogP contribution in [0.1, 0.15) is 13.8 Å². The number of carbonyl (C=O) groups is 1. The number of hydrogen-bond acceptors (Lipinski definition) is 2. The van der Waals surface area contributed by atoms with Crippen molar-refractivity contribution in [1.29, 1.82) is 0 Å². The van der Waals surface area contributed by atoms with Crippen LogP contribution in [-0.4, -0.2) is 35.8 Å². The Labute approximate surface area is 106 Å². The highest BCUT2D eigenvalue weighted by Gasteiger charge is 2.28. The molecule has 1 unspecified atom stereocenters. The van der Waals surface area contributed by atoms with Gasteiger partial charge in [-0.05, 0) is 5.92 Å². The van der Waals surface area contributed by atoms with Crippen LogP contribution in [0.15, 0.2) is 0 Å². The predicted octanol–water partition coefficient (Wildman–Crippen LogP) is 2.14. The van der Waals surface area contributed by atoms with E-state index in [1.54, 1.807) is 0 Å². The molecule has 0 saturated heterocycles. The molecule has 1 atom stereocenters. The second-order valence-corrected chi connectivity index (χ2v) is 4.56. The Morgan fingerprint density at radius 3 is 2.38 bits per heavy atom. The second-order valence-electron chi connectivity index (χ2n) is 3.68. The largest absolute Gasteiger partial charge is 0.411 e. The van der Waals surface area contributed by atoms with Crippen LogP contribution in [-0.2, 0) is 9.53 Å². The van der Waals surface area contributed by atoms with E-state index < -0.39 is 25.3 Å². The average Bonchev–Trinajstić information content (AvgIpc) is 2.11. The summed E-state index contributed by atoms with van der Waals surface area (Å²) in [7, 11) is 0. The molecule has 0 aliphatic heterocycles. The smallest absolute Gasteiger partial charge is 0.362 e. The number of rotatable bonds is 6. The van der Waals surface area contributed by atoms with Crippen LogP contribution in [0.25, 0.3) is 0 Å². The topological polar surface area (TPSA) is 38.3 Å². The van der Waals surface area contributed by atoms with Crippen molar-refractivity contribution in [1.82, 2.24) is 5.32 Å². The first-order valence-corrected chi connectivity index (χ1v) is 6.28. The van der Waals surface area contributed by atoms with Gasteiger partial charge >= 0.3 is 6.18 Å². The van der Waals surface area contributed by atoms with E-state index in [4.69, 9.17) is 0 Å². The molecule has 3 nitrogen and oxygen atoms in total. The molecule has 0 rings (SSSR count). The Morgan fingerprint density at radius 2 is 2.00 bits per heavy atom. The second kappa shape index (κ2) is 7.31. The first-order chi connectivity index (χ1) is 7.26. The van der Waals surface area contributed by atoms with Gasteiger partial charge in [0.2, 0.25) is 5.91 Å². The van der Waals surface area contributed by atoms with Gasteiger partial charge in [-0.2, -0.15) is 13.2 Å². The van der Waals surface area contributed by atoms with Gasteiger partial charge in [0, 0.05) is 10.5 Å². The number of hydrogen-bond donors (Lipinski definition) is 1. The summed E-state index contributed by atoms with van der Waals surface area (Å²) < 4.78 is 40.1. The third-order valence-electron chi connectivity index (χ3n) is 1.82. The summed E-state index contributed by atoms with van der Waals surface area (Å²) in [5.41, 5.74) is 0. The van der Waals surface area contributed by atoms with Crippen LogP contribution in [0.3, 0.4) is 0 Å². The number of ether oxygens (including phenoxy) is 1. The summed E-state index contributed by atoms with van der Waals surface area (Å²) in [5, 5.41) is 2.61. The van der Waals surface area contributed by atoms with Crippen LogP contribution in [0.2, 0.25) is 0 Å². The SMILES string of the molecule is CC(C)C(CI)NC(=O)COCC(F)(F)F. The molecule has 96 valence electrons. The van der Waals surface area contributed by atoms with Crippen LogP contribution >= 0.6 is 22.6 Å². The maximum atomic E-state index is 11.7. The van der Waals surface area contributed by atoms with Crippen LogP contribution in [0.4, 0.5) is 13.2 Å². The molecule has 7 heteroatoms. The fourth-order valence-electron chi connectivity index (χ4n) is 0.891. The Hall–Kier alpha value is -0.0500. The van der Waals surface area contributed by atoms with E-state index in [0.29, 0.717) is 4.43 Å². The molecule has 16 heavy (non-hydrogen) atoms. The minimum absolute atomic E-state index is 0.0393. The lowest BCUT2D eigenvalue weighted by Gasteiger charge is -2.19. The highest BCUT2D eigenvalue weighted by atomic mass is 127. The van der Waals surface area contributed by atoms with Crippen LogP contribution in [0.5, 0.6) is 0 Å². The number of amides is 1. The minimum Gasteiger partial charge on any atom is -0.362 e. The van der Waals surface area contributed by atoms with E-state index in [-0.39, 0.29) is 12.0 Å². The van der Waals surface area contributed by atoms with E-state index in [9.17, 15) is 18.0 Å². The first kappa shape index (κ1) is 16.0. The molecule has 0 saturated carbocycles. The minimum atomic E-state index is -4.39. The van der Waals surface area contributed by atoms with Gasteiger partial charge in [0.15, 0.2) is 0 Å². The summed E-state index contributed by atoms with van der Waals surface area (Å²) in [5.74, 6) is -0.275. The highest BCUT2D eigenvalue weighted by Crippen LogP contribution is 2.14. The van der Waals surface area contributed by atoms with Gasteiger partial charge in [0.05, 0.1) is 0 Å². The van der Waals surface area contributed by atoms with Crippen molar-refractivity contribution in [3.8, 4) is 0 Å². The van der Waals surface area contributed by atoms with Crippen molar-refractivity contribution in [3.63, 3.8) is 0 Å². The number of nitrogens with one attached hydrogen (secondary N) is 1. The molecule has 0 aliphatic carbocycles. The normalized spacial score (nSPS) is 13.9. The van der Waals surface area contributed by atoms with Gasteiger partial charge in [0.25, 0.3) is 0 Å². The molecule has 1 N–H and O–H groups in total. The van der Waals surface area contributed by atoms with Gasteiger partial charge in [-0.3, -0.25) is 4.79 Å². The number of carbonyl (C=O) groups excluding carboxylic acids is 1. The van der Waals surface area contributed by atoms with Crippen molar-refractivity contribution in [2.45, 2.75) is 26.1 Å². The van der Waals surface area contributed by atoms with E-state index in [1.807, 2.05) is 13.8 Å². The zero-order valence-electron chi connectivity index (χ0n) is 9.10. The van der Waals surface area contributed by atoms with Gasteiger partial charge in [-0.1, -0.05) is 36.4 Å². The van der Waals surface area contributed by atoms with E-state index in [1.165, 1.54) is 0 Å². The Balaban J connectivity index is 3.82. The lowest BCUT2D eigenvalue weighted by atomic mass is 10.1. The summed E-state index contributed by atoms with van der Waals surface area (Å²) in [4.78, 5) is 11.2. The fourth-order valence-corrected chi connectivity index (χ4v) is 2.13. The van der Waals surface area contributed by atoms with Gasteiger partial charge in [-0.25, -0.2) is 0 Å². The third kappa shape index (κ3) is 8.14. The summed E-state index contributed by atoms with van der Waals surface area (Å²) >= 11 is 2.11. The molecule has 0 aliphatic rings. The molecule has 0 spiro atoms. The molecule has 1 amide bonds. The quantitative estimate of drug-likeness (QED) is 0.587. The maximum absolute atomic E-state index is 11.7. The average molecular weight is 353 g/mol. The molecule has 0 heterocycles. The van der Waals surface area contributed by atoms with E-state index in [0.717, 1.165) is 0 Å².